The first-order chi connectivity index (χ1) is 8.86. The van der Waals surface area contributed by atoms with Crippen LogP contribution in [0.1, 0.15) is 38.5 Å². The van der Waals surface area contributed by atoms with E-state index in [2.05, 4.69) is 4.74 Å². The van der Waals surface area contributed by atoms with Gasteiger partial charge in [-0.05, 0) is 12.8 Å². The first-order valence-corrected chi connectivity index (χ1v) is 6.31. The van der Waals surface area contributed by atoms with Crippen molar-refractivity contribution in [1.82, 2.24) is 4.90 Å². The summed E-state index contributed by atoms with van der Waals surface area (Å²) >= 11 is 0. The van der Waals surface area contributed by atoms with Gasteiger partial charge in [0.2, 0.25) is 0 Å². The van der Waals surface area contributed by atoms with Crippen molar-refractivity contribution in [3.8, 4) is 0 Å². The number of carbonyl (C=O) groups is 2. The van der Waals surface area contributed by atoms with Crippen LogP contribution in [0, 0.1) is 0 Å². The van der Waals surface area contributed by atoms with Crippen LogP contribution >= 0.6 is 0 Å². The van der Waals surface area contributed by atoms with Gasteiger partial charge in [0.25, 0.3) is 0 Å². The van der Waals surface area contributed by atoms with Crippen LogP contribution in [0.3, 0.4) is 0 Å². The average molecular weight is 281 g/mol. The molecule has 0 aromatic rings. The Morgan fingerprint density at radius 2 is 1.79 bits per heavy atom. The normalized spacial score (nSPS) is 17.1. The van der Waals surface area contributed by atoms with E-state index >= 15 is 0 Å². The fourth-order valence-corrected chi connectivity index (χ4v) is 2.32. The number of alkyl halides is 3. The van der Waals surface area contributed by atoms with Crippen molar-refractivity contribution in [2.24, 2.45) is 0 Å². The van der Waals surface area contributed by atoms with Crippen LogP contribution in [0.4, 0.5) is 13.2 Å². The number of amides is 1. The molecule has 0 aromatic carbocycles. The van der Waals surface area contributed by atoms with Crippen molar-refractivity contribution in [3.05, 3.63) is 0 Å². The van der Waals surface area contributed by atoms with Crippen LogP contribution in [0.2, 0.25) is 0 Å². The van der Waals surface area contributed by atoms with Crippen molar-refractivity contribution in [3.63, 3.8) is 0 Å². The second-order valence-electron chi connectivity index (χ2n) is 4.61. The molecule has 0 radical (unpaired) electrons. The fourth-order valence-electron chi connectivity index (χ4n) is 2.32. The molecular formula is C12H18F3NO3. The summed E-state index contributed by atoms with van der Waals surface area (Å²) in [6.45, 7) is -0.240. The Labute approximate surface area is 109 Å². The Kier molecular flexibility index (Phi) is 5.62. The van der Waals surface area contributed by atoms with Crippen molar-refractivity contribution >= 4 is 11.9 Å². The molecule has 0 heterocycles. The van der Waals surface area contributed by atoms with Gasteiger partial charge in [0.1, 0.15) is 0 Å². The van der Waals surface area contributed by atoms with Crippen molar-refractivity contribution in [1.29, 1.82) is 0 Å². The van der Waals surface area contributed by atoms with E-state index in [0.29, 0.717) is 12.8 Å². The number of methoxy groups -OCH3 is 1. The lowest BCUT2D eigenvalue weighted by Crippen LogP contribution is -2.48. The summed E-state index contributed by atoms with van der Waals surface area (Å²) in [4.78, 5) is 23.2. The molecule has 7 heteroatoms. The monoisotopic (exact) mass is 281 g/mol. The Bertz CT molecular complexity index is 325. The molecule has 0 saturated heterocycles. The lowest BCUT2D eigenvalue weighted by molar-refractivity contribution is -0.188. The molecule has 1 saturated carbocycles. The van der Waals surface area contributed by atoms with Crippen LogP contribution < -0.4 is 0 Å². The maximum atomic E-state index is 12.6. The minimum absolute atomic E-state index is 0.213. The van der Waals surface area contributed by atoms with Crippen molar-refractivity contribution < 1.29 is 27.5 Å². The first-order valence-electron chi connectivity index (χ1n) is 6.31. The smallest absolute Gasteiger partial charge is 0.469 e. The summed E-state index contributed by atoms with van der Waals surface area (Å²) in [7, 11) is 1.17. The molecule has 0 bridgehead atoms. The van der Waals surface area contributed by atoms with E-state index in [1.165, 1.54) is 7.11 Å². The Morgan fingerprint density at radius 1 is 1.21 bits per heavy atom. The van der Waals surface area contributed by atoms with Gasteiger partial charge in [-0.2, -0.15) is 13.2 Å². The zero-order chi connectivity index (χ0) is 14.5. The maximum Gasteiger partial charge on any atom is 0.471 e. The minimum atomic E-state index is -4.90. The molecule has 0 aromatic heterocycles. The number of carbonyl (C=O) groups excluding carboxylic acids is 2. The van der Waals surface area contributed by atoms with Crippen LogP contribution in [0.15, 0.2) is 0 Å². The van der Waals surface area contributed by atoms with E-state index in [1.807, 2.05) is 0 Å². The minimum Gasteiger partial charge on any atom is -0.469 e. The third kappa shape index (κ3) is 4.72. The van der Waals surface area contributed by atoms with E-state index in [9.17, 15) is 22.8 Å². The summed E-state index contributed by atoms with van der Waals surface area (Å²) in [5.74, 6) is -2.47. The van der Waals surface area contributed by atoms with Crippen molar-refractivity contribution in [2.45, 2.75) is 50.7 Å². The van der Waals surface area contributed by atoms with E-state index in [-0.39, 0.29) is 13.0 Å². The van der Waals surface area contributed by atoms with Crippen LogP contribution in [0.25, 0.3) is 0 Å². The van der Waals surface area contributed by atoms with Gasteiger partial charge in [0.05, 0.1) is 13.5 Å². The molecule has 0 N–H and O–H groups in total. The summed E-state index contributed by atoms with van der Waals surface area (Å²) in [6.07, 6.45) is -1.40. The maximum absolute atomic E-state index is 12.6. The molecule has 1 fully saturated rings. The van der Waals surface area contributed by atoms with Crippen molar-refractivity contribution in [2.75, 3.05) is 13.7 Å². The molecular weight excluding hydrogens is 263 g/mol. The molecule has 19 heavy (non-hydrogen) atoms. The summed E-state index contributed by atoms with van der Waals surface area (Å²) in [5, 5.41) is 0. The van der Waals surface area contributed by atoms with Crippen LogP contribution in [0.5, 0.6) is 0 Å². The highest BCUT2D eigenvalue weighted by atomic mass is 19.4. The van der Waals surface area contributed by atoms with E-state index in [1.54, 1.807) is 0 Å². The number of rotatable bonds is 4. The van der Waals surface area contributed by atoms with E-state index < -0.39 is 24.1 Å². The molecule has 0 spiro atoms. The van der Waals surface area contributed by atoms with Gasteiger partial charge < -0.3 is 9.64 Å². The highest BCUT2D eigenvalue weighted by Crippen LogP contribution is 2.27. The molecule has 0 unspecified atom stereocenters. The SMILES string of the molecule is COC(=O)CCN(C(=O)C(F)(F)F)C1CCCCC1. The Balaban J connectivity index is 2.71. The van der Waals surface area contributed by atoms with E-state index in [4.69, 9.17) is 0 Å². The predicted octanol–water partition coefficient (Wildman–Crippen LogP) is 2.27. The van der Waals surface area contributed by atoms with E-state index in [0.717, 1.165) is 24.2 Å². The van der Waals surface area contributed by atoms with Gasteiger partial charge in [0.15, 0.2) is 0 Å². The standard InChI is InChI=1S/C12H18F3NO3/c1-19-10(17)7-8-16(11(18)12(13,14)15)9-5-3-2-4-6-9/h9H,2-8H2,1H3. The van der Waals surface area contributed by atoms with Gasteiger partial charge in [0, 0.05) is 12.6 Å². The van der Waals surface area contributed by atoms with Gasteiger partial charge in [-0.25, -0.2) is 0 Å². The fraction of sp³-hybridized carbons (Fsp3) is 0.833. The zero-order valence-electron chi connectivity index (χ0n) is 10.8. The summed E-state index contributed by atoms with van der Waals surface area (Å²) in [6, 6.07) is -0.424. The average Bonchev–Trinajstić information content (AvgIpc) is 2.38. The number of ether oxygens (including phenoxy) is 1. The van der Waals surface area contributed by atoms with Gasteiger partial charge >= 0.3 is 18.1 Å². The molecule has 1 aliphatic carbocycles. The molecule has 110 valence electrons. The number of esters is 1. The summed E-state index contributed by atoms with van der Waals surface area (Å²) in [5.41, 5.74) is 0. The lowest BCUT2D eigenvalue weighted by atomic mass is 9.94. The highest BCUT2D eigenvalue weighted by molar-refractivity contribution is 5.82. The molecule has 4 nitrogen and oxygen atoms in total. The predicted molar refractivity (Wildman–Crippen MR) is 61.3 cm³/mol. The first kappa shape index (κ1) is 15.8. The number of halogens is 3. The number of nitrogens with zero attached hydrogens (tertiary/aromatic N) is 1. The quantitative estimate of drug-likeness (QED) is 0.743. The number of hydrogen-bond donors (Lipinski definition) is 0. The lowest BCUT2D eigenvalue weighted by Gasteiger charge is -2.34. The zero-order valence-corrected chi connectivity index (χ0v) is 10.8. The topological polar surface area (TPSA) is 46.6 Å². The Morgan fingerprint density at radius 3 is 2.26 bits per heavy atom. The third-order valence-corrected chi connectivity index (χ3v) is 3.30. The highest BCUT2D eigenvalue weighted by Gasteiger charge is 2.44. The van der Waals surface area contributed by atoms with Gasteiger partial charge in [-0.15, -0.1) is 0 Å². The molecule has 1 rings (SSSR count). The molecule has 0 aliphatic heterocycles. The molecule has 1 amide bonds. The molecule has 0 atom stereocenters. The van der Waals surface area contributed by atoms with Crippen LogP contribution in [-0.4, -0.2) is 42.6 Å². The van der Waals surface area contributed by atoms with Crippen LogP contribution in [-0.2, 0) is 14.3 Å². The van der Waals surface area contributed by atoms with Gasteiger partial charge in [-0.3, -0.25) is 9.59 Å². The molecule has 1 aliphatic rings. The second-order valence-corrected chi connectivity index (χ2v) is 4.61. The van der Waals surface area contributed by atoms with Gasteiger partial charge in [-0.1, -0.05) is 19.3 Å². The second kappa shape index (κ2) is 6.77. The number of hydrogen-bond acceptors (Lipinski definition) is 3. The largest absolute Gasteiger partial charge is 0.471 e. The third-order valence-electron chi connectivity index (χ3n) is 3.30. The Hall–Kier alpha value is -1.27. The summed E-state index contributed by atoms with van der Waals surface area (Å²) < 4.78 is 42.1.